The molecule has 2 rings (SSSR count). The van der Waals surface area contributed by atoms with Gasteiger partial charge in [-0.1, -0.05) is 6.07 Å². The first-order valence-electron chi connectivity index (χ1n) is 6.60. The van der Waals surface area contributed by atoms with Crippen molar-refractivity contribution in [3.8, 4) is 11.8 Å². The summed E-state index contributed by atoms with van der Waals surface area (Å²) in [5, 5.41) is 12.5. The molecule has 0 amide bonds. The number of ether oxygens (including phenoxy) is 1. The second-order valence-electron chi connectivity index (χ2n) is 5.37. The third kappa shape index (κ3) is 3.93. The fourth-order valence-corrected chi connectivity index (χ4v) is 1.87. The molecule has 1 aromatic rings. The lowest BCUT2D eigenvalue weighted by molar-refractivity contribution is 0.265. The molecule has 1 atom stereocenters. The summed E-state index contributed by atoms with van der Waals surface area (Å²) in [6, 6.07) is 7.58. The number of nitriles is 1. The molecule has 1 N–H and O–H groups in total. The van der Waals surface area contributed by atoms with Gasteiger partial charge in [0.05, 0.1) is 12.7 Å². The van der Waals surface area contributed by atoms with Crippen LogP contribution in [-0.2, 0) is 0 Å². The van der Waals surface area contributed by atoms with E-state index in [0.717, 1.165) is 12.8 Å². The van der Waals surface area contributed by atoms with Gasteiger partial charge in [0.15, 0.2) is 0 Å². The standard InChI is InChI=1S/C15H19FN2O/c1-11-3-6-13(9-14(11)16)19-8-7-15(2,10-17)18-12-4-5-12/h3,6,9,12,18H,4-5,7-8H2,1-2H3. The van der Waals surface area contributed by atoms with E-state index >= 15 is 0 Å². The molecular weight excluding hydrogens is 243 g/mol. The highest BCUT2D eigenvalue weighted by Gasteiger charge is 2.32. The Morgan fingerprint density at radius 3 is 2.84 bits per heavy atom. The predicted molar refractivity (Wildman–Crippen MR) is 71.4 cm³/mol. The molecule has 0 radical (unpaired) electrons. The van der Waals surface area contributed by atoms with Crippen molar-refractivity contribution in [2.45, 2.75) is 44.7 Å². The highest BCUT2D eigenvalue weighted by Crippen LogP contribution is 2.24. The molecule has 0 spiro atoms. The maximum Gasteiger partial charge on any atom is 0.129 e. The van der Waals surface area contributed by atoms with Gasteiger partial charge in [-0.2, -0.15) is 5.26 Å². The van der Waals surface area contributed by atoms with Crippen LogP contribution in [0.4, 0.5) is 4.39 Å². The van der Waals surface area contributed by atoms with Crippen LogP contribution in [0.5, 0.6) is 5.75 Å². The Balaban J connectivity index is 1.84. The lowest BCUT2D eigenvalue weighted by atomic mass is 10.0. The second-order valence-corrected chi connectivity index (χ2v) is 5.37. The summed E-state index contributed by atoms with van der Waals surface area (Å²) in [5.41, 5.74) is 0.0364. The number of rotatable bonds is 6. The summed E-state index contributed by atoms with van der Waals surface area (Å²) in [6.07, 6.45) is 2.86. The Bertz CT molecular complexity index is 493. The third-order valence-corrected chi connectivity index (χ3v) is 3.36. The number of nitrogens with zero attached hydrogens (tertiary/aromatic N) is 1. The van der Waals surface area contributed by atoms with Crippen LogP contribution in [0.2, 0.25) is 0 Å². The molecule has 3 nitrogen and oxygen atoms in total. The molecule has 0 aliphatic heterocycles. The van der Waals surface area contributed by atoms with E-state index in [0.29, 0.717) is 30.4 Å². The van der Waals surface area contributed by atoms with E-state index in [2.05, 4.69) is 11.4 Å². The number of hydrogen-bond donors (Lipinski definition) is 1. The highest BCUT2D eigenvalue weighted by molar-refractivity contribution is 5.28. The Kier molecular flexibility index (Phi) is 4.06. The van der Waals surface area contributed by atoms with Gasteiger partial charge in [-0.05, 0) is 38.3 Å². The summed E-state index contributed by atoms with van der Waals surface area (Å²) in [5.74, 6) is 0.242. The fourth-order valence-electron chi connectivity index (χ4n) is 1.87. The SMILES string of the molecule is Cc1ccc(OCCC(C)(C#N)NC2CC2)cc1F. The molecule has 1 aliphatic carbocycles. The van der Waals surface area contributed by atoms with Crippen molar-refractivity contribution in [2.75, 3.05) is 6.61 Å². The quantitative estimate of drug-likeness (QED) is 0.857. The first kappa shape index (κ1) is 13.8. The van der Waals surface area contributed by atoms with Gasteiger partial charge in [0.1, 0.15) is 17.1 Å². The number of nitrogens with one attached hydrogen (secondary N) is 1. The van der Waals surface area contributed by atoms with Gasteiger partial charge in [0.25, 0.3) is 0 Å². The van der Waals surface area contributed by atoms with Crippen LogP contribution < -0.4 is 10.1 Å². The van der Waals surface area contributed by atoms with Crippen molar-refractivity contribution < 1.29 is 9.13 Å². The van der Waals surface area contributed by atoms with Crippen LogP contribution in [0.25, 0.3) is 0 Å². The van der Waals surface area contributed by atoms with Crippen molar-refractivity contribution in [3.63, 3.8) is 0 Å². The highest BCUT2D eigenvalue weighted by atomic mass is 19.1. The molecule has 1 aliphatic rings. The van der Waals surface area contributed by atoms with Gasteiger partial charge >= 0.3 is 0 Å². The van der Waals surface area contributed by atoms with Gasteiger partial charge < -0.3 is 4.74 Å². The minimum absolute atomic E-state index is 0.267. The number of hydrogen-bond acceptors (Lipinski definition) is 3. The topological polar surface area (TPSA) is 45.0 Å². The molecule has 1 saturated carbocycles. The van der Waals surface area contributed by atoms with Gasteiger partial charge in [-0.3, -0.25) is 5.32 Å². The lowest BCUT2D eigenvalue weighted by Gasteiger charge is -2.23. The van der Waals surface area contributed by atoms with E-state index in [9.17, 15) is 9.65 Å². The number of benzene rings is 1. The van der Waals surface area contributed by atoms with E-state index in [1.807, 2.05) is 6.92 Å². The minimum Gasteiger partial charge on any atom is -0.493 e. The van der Waals surface area contributed by atoms with Crippen molar-refractivity contribution >= 4 is 0 Å². The molecule has 1 aromatic carbocycles. The zero-order valence-electron chi connectivity index (χ0n) is 11.4. The Morgan fingerprint density at radius 1 is 1.53 bits per heavy atom. The number of aryl methyl sites for hydroxylation is 1. The molecular formula is C15H19FN2O. The zero-order valence-corrected chi connectivity index (χ0v) is 11.4. The van der Waals surface area contributed by atoms with Gasteiger partial charge in [0.2, 0.25) is 0 Å². The number of halogens is 1. The van der Waals surface area contributed by atoms with Gasteiger partial charge in [-0.15, -0.1) is 0 Å². The first-order valence-corrected chi connectivity index (χ1v) is 6.60. The maximum absolute atomic E-state index is 13.3. The van der Waals surface area contributed by atoms with Crippen molar-refractivity contribution in [1.82, 2.24) is 5.32 Å². The molecule has 19 heavy (non-hydrogen) atoms. The molecule has 0 aromatic heterocycles. The van der Waals surface area contributed by atoms with E-state index < -0.39 is 5.54 Å². The van der Waals surface area contributed by atoms with Gasteiger partial charge in [-0.25, -0.2) is 4.39 Å². The smallest absolute Gasteiger partial charge is 0.129 e. The van der Waals surface area contributed by atoms with E-state index in [-0.39, 0.29) is 5.82 Å². The largest absolute Gasteiger partial charge is 0.493 e. The fraction of sp³-hybridized carbons (Fsp3) is 0.533. The van der Waals surface area contributed by atoms with Crippen LogP contribution in [0, 0.1) is 24.1 Å². The molecule has 1 fully saturated rings. The normalized spacial score (nSPS) is 17.6. The van der Waals surface area contributed by atoms with Crippen LogP contribution in [0.3, 0.4) is 0 Å². The summed E-state index contributed by atoms with van der Waals surface area (Å²) >= 11 is 0. The van der Waals surface area contributed by atoms with Crippen molar-refractivity contribution in [1.29, 1.82) is 5.26 Å². The third-order valence-electron chi connectivity index (χ3n) is 3.36. The van der Waals surface area contributed by atoms with E-state index in [1.165, 1.54) is 6.07 Å². The summed E-state index contributed by atoms with van der Waals surface area (Å²) in [4.78, 5) is 0. The summed E-state index contributed by atoms with van der Waals surface area (Å²) in [6.45, 7) is 3.99. The lowest BCUT2D eigenvalue weighted by Crippen LogP contribution is -2.43. The van der Waals surface area contributed by atoms with Crippen LogP contribution in [0.1, 0.15) is 31.7 Å². The average molecular weight is 262 g/mol. The van der Waals surface area contributed by atoms with Crippen LogP contribution in [-0.4, -0.2) is 18.2 Å². The summed E-state index contributed by atoms with van der Waals surface area (Å²) < 4.78 is 18.9. The Hall–Kier alpha value is -1.60. The predicted octanol–water partition coefficient (Wildman–Crippen LogP) is 2.94. The molecule has 0 bridgehead atoms. The molecule has 0 heterocycles. The minimum atomic E-state index is -0.565. The molecule has 1 unspecified atom stereocenters. The van der Waals surface area contributed by atoms with Crippen molar-refractivity contribution in [2.24, 2.45) is 0 Å². The van der Waals surface area contributed by atoms with Crippen LogP contribution >= 0.6 is 0 Å². The van der Waals surface area contributed by atoms with Crippen LogP contribution in [0.15, 0.2) is 18.2 Å². The van der Waals surface area contributed by atoms with E-state index in [1.54, 1.807) is 19.1 Å². The molecule has 4 heteroatoms. The average Bonchev–Trinajstić information content (AvgIpc) is 3.17. The first-order chi connectivity index (χ1) is 9.02. The summed E-state index contributed by atoms with van der Waals surface area (Å²) in [7, 11) is 0. The molecule has 102 valence electrons. The monoisotopic (exact) mass is 262 g/mol. The zero-order chi connectivity index (χ0) is 13.9. The maximum atomic E-state index is 13.3. The van der Waals surface area contributed by atoms with Gasteiger partial charge in [0, 0.05) is 18.5 Å². The molecule has 0 saturated heterocycles. The van der Waals surface area contributed by atoms with E-state index in [4.69, 9.17) is 4.74 Å². The van der Waals surface area contributed by atoms with Crippen molar-refractivity contribution in [3.05, 3.63) is 29.6 Å². The second kappa shape index (κ2) is 5.58. The Morgan fingerprint density at radius 2 is 2.26 bits per heavy atom. The Labute approximate surface area is 113 Å².